The summed E-state index contributed by atoms with van der Waals surface area (Å²) in [5, 5.41) is 1.06. The molecule has 2 heterocycles. The Morgan fingerprint density at radius 2 is 1.88 bits per heavy atom. The van der Waals surface area contributed by atoms with Gasteiger partial charge in [-0.15, -0.1) is 0 Å². The van der Waals surface area contributed by atoms with Crippen molar-refractivity contribution in [3.8, 4) is 0 Å². The van der Waals surface area contributed by atoms with Gasteiger partial charge in [0.1, 0.15) is 5.82 Å². The molecule has 1 aliphatic heterocycles. The number of hydrogen-bond acceptors (Lipinski definition) is 2. The minimum Gasteiger partial charge on any atom is -0.277 e. The van der Waals surface area contributed by atoms with Crippen molar-refractivity contribution in [2.75, 3.05) is 0 Å². The lowest BCUT2D eigenvalue weighted by molar-refractivity contribution is 0.417. The molecule has 120 valence electrons. The molecule has 3 heteroatoms. The molecule has 0 spiro atoms. The zero-order chi connectivity index (χ0) is 16.9. The van der Waals surface area contributed by atoms with Gasteiger partial charge in [-0.25, -0.2) is 4.39 Å². The van der Waals surface area contributed by atoms with Crippen LogP contribution in [0.25, 0.3) is 10.9 Å². The predicted octanol–water partition coefficient (Wildman–Crippen LogP) is 5.11. The van der Waals surface area contributed by atoms with Crippen molar-refractivity contribution in [2.24, 2.45) is 4.99 Å². The zero-order valence-corrected chi connectivity index (χ0v) is 14.0. The Balaban J connectivity index is 1.97. The summed E-state index contributed by atoms with van der Waals surface area (Å²) in [4.78, 5) is 9.35. The highest BCUT2D eigenvalue weighted by molar-refractivity contribution is 6.15. The summed E-state index contributed by atoms with van der Waals surface area (Å²) in [6.45, 7) is 6.18. The number of pyridine rings is 1. The molecule has 0 aliphatic carbocycles. The maximum absolute atomic E-state index is 14.5. The summed E-state index contributed by atoms with van der Waals surface area (Å²) in [5.74, 6) is -0.123. The van der Waals surface area contributed by atoms with Crippen LogP contribution in [-0.2, 0) is 0 Å². The molecule has 1 atom stereocenters. The molecule has 0 N–H and O–H groups in total. The lowest BCUT2D eigenvalue weighted by Crippen LogP contribution is -2.33. The first-order chi connectivity index (χ1) is 11.5. The SMILES string of the molecule is CC1c2c(F)cccc2C(c2ccc3ncccc3c2)=NC1(C)C. The second-order valence-electron chi connectivity index (χ2n) is 6.95. The van der Waals surface area contributed by atoms with E-state index in [1.165, 1.54) is 0 Å². The molecule has 0 bridgehead atoms. The van der Waals surface area contributed by atoms with Gasteiger partial charge in [-0.1, -0.05) is 31.2 Å². The minimum atomic E-state index is -0.353. The van der Waals surface area contributed by atoms with E-state index in [1.807, 2.05) is 37.3 Å². The van der Waals surface area contributed by atoms with E-state index >= 15 is 0 Å². The monoisotopic (exact) mass is 318 g/mol. The molecule has 2 nitrogen and oxygen atoms in total. The summed E-state index contributed by atoms with van der Waals surface area (Å²) in [5.41, 5.74) is 4.11. The molecule has 0 fully saturated rings. The van der Waals surface area contributed by atoms with E-state index in [1.54, 1.807) is 18.3 Å². The van der Waals surface area contributed by atoms with Crippen molar-refractivity contribution in [2.45, 2.75) is 32.2 Å². The van der Waals surface area contributed by atoms with Crippen LogP contribution in [0.4, 0.5) is 4.39 Å². The topological polar surface area (TPSA) is 25.2 Å². The molecule has 0 radical (unpaired) electrons. The first-order valence-electron chi connectivity index (χ1n) is 8.21. The van der Waals surface area contributed by atoms with E-state index in [-0.39, 0.29) is 17.3 Å². The molecule has 0 amide bonds. The van der Waals surface area contributed by atoms with Gasteiger partial charge in [0, 0.05) is 34.2 Å². The third-order valence-corrected chi connectivity index (χ3v) is 5.08. The molecule has 1 aromatic heterocycles. The lowest BCUT2D eigenvalue weighted by Gasteiger charge is -2.35. The molecule has 0 saturated heterocycles. The quantitative estimate of drug-likeness (QED) is 0.612. The molecule has 4 rings (SSSR count). The van der Waals surface area contributed by atoms with Crippen LogP contribution in [-0.4, -0.2) is 16.2 Å². The van der Waals surface area contributed by atoms with Gasteiger partial charge in [-0.3, -0.25) is 9.98 Å². The predicted molar refractivity (Wildman–Crippen MR) is 96.3 cm³/mol. The fourth-order valence-electron chi connectivity index (χ4n) is 3.43. The first-order valence-corrected chi connectivity index (χ1v) is 8.21. The summed E-state index contributed by atoms with van der Waals surface area (Å²) < 4.78 is 14.5. The van der Waals surface area contributed by atoms with Gasteiger partial charge < -0.3 is 0 Å². The average Bonchev–Trinajstić information content (AvgIpc) is 2.58. The molecular formula is C21H19FN2. The highest BCUT2D eigenvalue weighted by Crippen LogP contribution is 2.40. The van der Waals surface area contributed by atoms with Crippen molar-refractivity contribution in [3.63, 3.8) is 0 Å². The van der Waals surface area contributed by atoms with E-state index in [0.29, 0.717) is 0 Å². The van der Waals surface area contributed by atoms with Crippen molar-refractivity contribution in [1.29, 1.82) is 0 Å². The number of halogens is 1. The molecule has 2 aromatic carbocycles. The molecule has 1 unspecified atom stereocenters. The summed E-state index contributed by atoms with van der Waals surface area (Å²) in [7, 11) is 0. The van der Waals surface area contributed by atoms with Crippen molar-refractivity contribution in [3.05, 3.63) is 77.2 Å². The van der Waals surface area contributed by atoms with E-state index in [0.717, 1.165) is 33.3 Å². The summed E-state index contributed by atoms with van der Waals surface area (Å²) in [6.07, 6.45) is 1.79. The van der Waals surface area contributed by atoms with Crippen LogP contribution in [0.3, 0.4) is 0 Å². The van der Waals surface area contributed by atoms with Gasteiger partial charge in [0.2, 0.25) is 0 Å². The Morgan fingerprint density at radius 1 is 1.04 bits per heavy atom. The van der Waals surface area contributed by atoms with Crippen LogP contribution in [0.15, 0.2) is 59.7 Å². The van der Waals surface area contributed by atoms with Gasteiger partial charge in [-0.2, -0.15) is 0 Å². The number of benzene rings is 2. The van der Waals surface area contributed by atoms with Crippen LogP contribution < -0.4 is 0 Å². The van der Waals surface area contributed by atoms with Gasteiger partial charge >= 0.3 is 0 Å². The number of fused-ring (bicyclic) bond motifs is 2. The fraction of sp³-hybridized carbons (Fsp3) is 0.238. The van der Waals surface area contributed by atoms with Crippen molar-refractivity contribution < 1.29 is 4.39 Å². The van der Waals surface area contributed by atoms with Crippen LogP contribution in [0.2, 0.25) is 0 Å². The molecular weight excluding hydrogens is 299 g/mol. The average molecular weight is 318 g/mol. The van der Waals surface area contributed by atoms with Crippen molar-refractivity contribution >= 4 is 16.6 Å². The van der Waals surface area contributed by atoms with Gasteiger partial charge in [0.25, 0.3) is 0 Å². The Kier molecular flexibility index (Phi) is 3.27. The Bertz CT molecular complexity index is 972. The highest BCUT2D eigenvalue weighted by Gasteiger charge is 2.36. The molecule has 1 aliphatic rings. The fourth-order valence-corrected chi connectivity index (χ4v) is 3.43. The molecule has 24 heavy (non-hydrogen) atoms. The zero-order valence-electron chi connectivity index (χ0n) is 14.0. The Morgan fingerprint density at radius 3 is 2.71 bits per heavy atom. The Labute approximate surface area is 141 Å². The second kappa shape index (κ2) is 5.23. The van der Waals surface area contributed by atoms with Crippen LogP contribution in [0.1, 0.15) is 43.4 Å². The van der Waals surface area contributed by atoms with Gasteiger partial charge in [-0.05, 0) is 38.1 Å². The van der Waals surface area contributed by atoms with E-state index in [9.17, 15) is 4.39 Å². The van der Waals surface area contributed by atoms with Crippen molar-refractivity contribution in [1.82, 2.24) is 4.98 Å². The third-order valence-electron chi connectivity index (χ3n) is 5.08. The van der Waals surface area contributed by atoms with Crippen LogP contribution in [0, 0.1) is 5.82 Å². The van der Waals surface area contributed by atoms with E-state index < -0.39 is 0 Å². The number of nitrogens with zero attached hydrogens (tertiary/aromatic N) is 2. The standard InChI is InChI=1S/C21H19FN2/c1-13-19-16(7-4-8-17(19)22)20(24-21(13,2)3)15-9-10-18-14(12-15)6-5-11-23-18/h4-13H,1-3H3. The van der Waals surface area contributed by atoms with Gasteiger partial charge in [0.05, 0.1) is 16.8 Å². The van der Waals surface area contributed by atoms with E-state index in [2.05, 4.69) is 24.9 Å². The number of rotatable bonds is 1. The minimum absolute atomic E-state index is 0.0274. The Hall–Kier alpha value is -2.55. The van der Waals surface area contributed by atoms with Gasteiger partial charge in [0.15, 0.2) is 0 Å². The third kappa shape index (κ3) is 2.23. The van der Waals surface area contributed by atoms with Crippen LogP contribution in [0.5, 0.6) is 0 Å². The highest BCUT2D eigenvalue weighted by atomic mass is 19.1. The smallest absolute Gasteiger partial charge is 0.127 e. The normalized spacial score (nSPS) is 19.0. The van der Waals surface area contributed by atoms with E-state index in [4.69, 9.17) is 4.99 Å². The number of aliphatic imine (C=N–C) groups is 1. The lowest BCUT2D eigenvalue weighted by atomic mass is 9.76. The second-order valence-corrected chi connectivity index (χ2v) is 6.95. The number of hydrogen-bond donors (Lipinski definition) is 0. The summed E-state index contributed by atoms with van der Waals surface area (Å²) >= 11 is 0. The van der Waals surface area contributed by atoms with Crippen LogP contribution >= 0.6 is 0 Å². The summed E-state index contributed by atoms with van der Waals surface area (Å²) in [6, 6.07) is 15.3. The largest absolute Gasteiger partial charge is 0.277 e. The maximum Gasteiger partial charge on any atom is 0.127 e. The first kappa shape index (κ1) is 15.0. The molecule has 0 saturated carbocycles. The molecule has 3 aromatic rings. The maximum atomic E-state index is 14.5. The number of aromatic nitrogens is 1.